The van der Waals surface area contributed by atoms with Gasteiger partial charge in [0.25, 0.3) is 11.3 Å². The van der Waals surface area contributed by atoms with E-state index in [1.165, 1.54) is 24.3 Å². The number of nitro benzene ring substituents is 1. The van der Waals surface area contributed by atoms with Gasteiger partial charge < -0.3 is 0 Å². The molecule has 0 spiro atoms. The van der Waals surface area contributed by atoms with Gasteiger partial charge in [0.05, 0.1) is 9.40 Å². The Balaban J connectivity index is 1.77. The molecule has 29 heavy (non-hydrogen) atoms. The zero-order chi connectivity index (χ0) is 20.5. The Bertz CT molecular complexity index is 1230. The average molecular weight is 516 g/mol. The molecule has 2 aromatic heterocycles. The fraction of sp³-hybridized carbons (Fsp3) is 0.0476. The van der Waals surface area contributed by atoms with Gasteiger partial charge in [-0.3, -0.25) is 14.9 Å². The Labute approximate surface area is 182 Å². The number of fused-ring (bicyclic) bond motifs is 1. The molecule has 4 rings (SSSR count). The van der Waals surface area contributed by atoms with Crippen LogP contribution >= 0.6 is 31.9 Å². The van der Waals surface area contributed by atoms with Crippen LogP contribution in [0.4, 0.5) is 5.69 Å². The fourth-order valence-corrected chi connectivity index (χ4v) is 3.78. The summed E-state index contributed by atoms with van der Waals surface area (Å²) < 4.78 is 5.81. The molecule has 4 aromatic rings. The van der Waals surface area contributed by atoms with Gasteiger partial charge >= 0.3 is 0 Å². The molecule has 0 aliphatic heterocycles. The van der Waals surface area contributed by atoms with Crippen LogP contribution in [0.1, 0.15) is 10.4 Å². The molecule has 0 fully saturated rings. The number of nitrogens with zero attached hydrogens (tertiary/aromatic N) is 3. The van der Waals surface area contributed by atoms with Gasteiger partial charge in [0.1, 0.15) is 12.4 Å². The van der Waals surface area contributed by atoms with Gasteiger partial charge in [-0.25, -0.2) is 8.97 Å². The molecule has 0 atom stereocenters. The number of halogens is 2. The predicted octanol–water partition coefficient (Wildman–Crippen LogP) is 5.21. The van der Waals surface area contributed by atoms with Crippen molar-refractivity contribution in [3.8, 4) is 11.3 Å². The second kappa shape index (κ2) is 7.88. The van der Waals surface area contributed by atoms with Crippen molar-refractivity contribution >= 4 is 49.0 Å². The van der Waals surface area contributed by atoms with E-state index < -0.39 is 4.92 Å². The minimum Gasteiger partial charge on any atom is -0.290 e. The molecule has 0 bridgehead atoms. The van der Waals surface area contributed by atoms with E-state index in [4.69, 9.17) is 0 Å². The van der Waals surface area contributed by atoms with Crippen LogP contribution in [0, 0.1) is 10.1 Å². The van der Waals surface area contributed by atoms with Gasteiger partial charge in [-0.15, -0.1) is 0 Å². The number of pyridine rings is 1. The van der Waals surface area contributed by atoms with Crippen molar-refractivity contribution in [2.75, 3.05) is 0 Å². The Morgan fingerprint density at radius 2 is 1.59 bits per heavy atom. The van der Waals surface area contributed by atoms with E-state index in [9.17, 15) is 14.9 Å². The second-order valence-corrected chi connectivity index (χ2v) is 8.28. The number of carbonyl (C=O) groups is 1. The molecule has 0 aliphatic carbocycles. The van der Waals surface area contributed by atoms with Gasteiger partial charge in [-0.1, -0.05) is 15.9 Å². The number of imidazole rings is 1. The number of nitro groups is 1. The molecule has 0 amide bonds. The van der Waals surface area contributed by atoms with Crippen molar-refractivity contribution in [1.82, 2.24) is 4.57 Å². The lowest BCUT2D eigenvalue weighted by Crippen LogP contribution is -2.20. The lowest BCUT2D eigenvalue weighted by atomic mass is 10.1. The summed E-state index contributed by atoms with van der Waals surface area (Å²) in [6.07, 6.45) is 3.91. The van der Waals surface area contributed by atoms with Gasteiger partial charge in [0.15, 0.2) is 12.2 Å². The highest BCUT2D eigenvalue weighted by atomic mass is 79.9. The van der Waals surface area contributed by atoms with Gasteiger partial charge in [-0.2, -0.15) is 0 Å². The van der Waals surface area contributed by atoms with Crippen LogP contribution < -0.4 is 4.40 Å². The summed E-state index contributed by atoms with van der Waals surface area (Å²) in [6, 6.07) is 17.4. The first kappa shape index (κ1) is 19.5. The van der Waals surface area contributed by atoms with Crippen LogP contribution in [0.3, 0.4) is 0 Å². The van der Waals surface area contributed by atoms with E-state index in [1.807, 2.05) is 57.8 Å². The van der Waals surface area contributed by atoms with Crippen LogP contribution in [0.15, 0.2) is 82.0 Å². The van der Waals surface area contributed by atoms with E-state index in [0.29, 0.717) is 5.56 Å². The summed E-state index contributed by atoms with van der Waals surface area (Å²) in [7, 11) is 0. The fourth-order valence-electron chi connectivity index (χ4n) is 3.16. The van der Waals surface area contributed by atoms with Crippen molar-refractivity contribution in [3.05, 3.63) is 97.7 Å². The first-order valence-corrected chi connectivity index (χ1v) is 10.2. The summed E-state index contributed by atoms with van der Waals surface area (Å²) in [5.41, 5.74) is 3.13. The molecule has 6 nitrogen and oxygen atoms in total. The Morgan fingerprint density at radius 1 is 0.931 bits per heavy atom. The number of Topliss-reactive ketones (excluding diaryl/α,β-unsaturated/α-hetero) is 1. The maximum absolute atomic E-state index is 12.9. The SMILES string of the molecule is O=C(Cn1c(-c2ccc(Br)cc2)c[n+]2cc(Br)ccc12)c1ccc([N+](=O)[O-])cc1. The quantitative estimate of drug-likeness (QED) is 0.158. The number of non-ortho nitro benzene ring substituents is 1. The summed E-state index contributed by atoms with van der Waals surface area (Å²) in [5, 5.41) is 10.8. The predicted molar refractivity (Wildman–Crippen MR) is 116 cm³/mol. The van der Waals surface area contributed by atoms with Gasteiger partial charge in [0, 0.05) is 33.8 Å². The molecule has 8 heteroatoms. The van der Waals surface area contributed by atoms with Crippen molar-refractivity contribution in [3.63, 3.8) is 0 Å². The monoisotopic (exact) mass is 514 g/mol. The van der Waals surface area contributed by atoms with E-state index in [2.05, 4.69) is 31.9 Å². The summed E-state index contributed by atoms with van der Waals surface area (Å²) in [4.78, 5) is 23.3. The molecule has 0 N–H and O–H groups in total. The third-order valence-electron chi connectivity index (χ3n) is 4.59. The number of carbonyl (C=O) groups excluding carboxylic acids is 1. The number of hydrogen-bond donors (Lipinski definition) is 0. The molecule has 144 valence electrons. The molecule has 2 heterocycles. The third-order valence-corrected chi connectivity index (χ3v) is 5.59. The lowest BCUT2D eigenvalue weighted by Gasteiger charge is -2.04. The minimum atomic E-state index is -0.478. The maximum atomic E-state index is 12.9. The van der Waals surface area contributed by atoms with E-state index >= 15 is 0 Å². The largest absolute Gasteiger partial charge is 0.290 e. The molecule has 0 saturated carbocycles. The first-order valence-electron chi connectivity index (χ1n) is 8.66. The maximum Gasteiger partial charge on any atom is 0.287 e. The van der Waals surface area contributed by atoms with Crippen LogP contribution in [-0.2, 0) is 6.54 Å². The zero-order valence-corrected chi connectivity index (χ0v) is 18.1. The van der Waals surface area contributed by atoms with E-state index in [0.717, 1.165) is 25.8 Å². The Morgan fingerprint density at radius 3 is 2.24 bits per heavy atom. The first-order chi connectivity index (χ1) is 13.9. The number of rotatable bonds is 5. The summed E-state index contributed by atoms with van der Waals surface area (Å²) >= 11 is 6.93. The highest BCUT2D eigenvalue weighted by Gasteiger charge is 2.22. The smallest absolute Gasteiger partial charge is 0.287 e. The van der Waals surface area contributed by atoms with Crippen LogP contribution in [-0.4, -0.2) is 15.3 Å². The summed E-state index contributed by atoms with van der Waals surface area (Å²) in [6.45, 7) is 0.112. The Kier molecular flexibility index (Phi) is 5.29. The molecule has 0 unspecified atom stereocenters. The van der Waals surface area contributed by atoms with Crippen LogP contribution in [0.5, 0.6) is 0 Å². The molecular formula is C21H14Br2N3O3+. The van der Waals surface area contributed by atoms with Gasteiger partial charge in [-0.05, 0) is 58.4 Å². The van der Waals surface area contributed by atoms with Crippen molar-refractivity contribution < 1.29 is 14.1 Å². The molecule has 0 aliphatic rings. The molecule has 2 aromatic carbocycles. The highest BCUT2D eigenvalue weighted by molar-refractivity contribution is 9.10. The standard InChI is InChI=1S/C21H14Br2N3O3/c22-16-5-1-14(2-6-16)19-12-24-11-17(23)7-10-21(24)25(19)13-20(27)15-3-8-18(9-4-15)26(28)29/h1-12H,13H2/q+1. The number of hydrogen-bond acceptors (Lipinski definition) is 3. The third kappa shape index (κ3) is 3.99. The lowest BCUT2D eigenvalue weighted by molar-refractivity contribution is -0.511. The topological polar surface area (TPSA) is 69.2 Å². The van der Waals surface area contributed by atoms with Crippen molar-refractivity contribution in [1.29, 1.82) is 0 Å². The van der Waals surface area contributed by atoms with Crippen molar-refractivity contribution in [2.24, 2.45) is 0 Å². The second-order valence-electron chi connectivity index (χ2n) is 6.45. The van der Waals surface area contributed by atoms with E-state index in [1.54, 1.807) is 0 Å². The highest BCUT2D eigenvalue weighted by Crippen LogP contribution is 2.24. The molecule has 0 saturated heterocycles. The number of benzene rings is 2. The molecule has 0 radical (unpaired) electrons. The van der Waals surface area contributed by atoms with E-state index in [-0.39, 0.29) is 18.0 Å². The minimum absolute atomic E-state index is 0.0380. The van der Waals surface area contributed by atoms with Gasteiger partial charge in [0.2, 0.25) is 5.78 Å². The van der Waals surface area contributed by atoms with Crippen molar-refractivity contribution in [2.45, 2.75) is 6.54 Å². The molecular weight excluding hydrogens is 502 g/mol. The average Bonchev–Trinajstić information content (AvgIpc) is 3.06. The number of ketones is 1. The number of aromatic nitrogens is 2. The normalized spacial score (nSPS) is 11.0. The van der Waals surface area contributed by atoms with Crippen LogP contribution in [0.2, 0.25) is 0 Å². The summed E-state index contributed by atoms with van der Waals surface area (Å²) in [5.74, 6) is -0.126. The Hall–Kier alpha value is -2.84. The van der Waals surface area contributed by atoms with Crippen LogP contribution in [0.25, 0.3) is 16.9 Å². The zero-order valence-electron chi connectivity index (χ0n) is 15.0.